The van der Waals surface area contributed by atoms with E-state index in [9.17, 15) is 18.0 Å². The van der Waals surface area contributed by atoms with Crippen LogP contribution in [0.25, 0.3) is 11.3 Å². The van der Waals surface area contributed by atoms with Gasteiger partial charge in [0, 0.05) is 56.2 Å². The van der Waals surface area contributed by atoms with Crippen molar-refractivity contribution in [1.29, 1.82) is 0 Å². The van der Waals surface area contributed by atoms with Gasteiger partial charge < -0.3 is 10.2 Å². The molecule has 1 aliphatic carbocycles. The molecule has 0 unspecified atom stereocenters. The predicted molar refractivity (Wildman–Crippen MR) is 115 cm³/mol. The van der Waals surface area contributed by atoms with Crippen LogP contribution in [-0.2, 0) is 22.7 Å². The molecular weight excluding hydrogens is 435 g/mol. The average molecular weight is 457 g/mol. The molecule has 3 aromatic rings. The van der Waals surface area contributed by atoms with E-state index in [1.807, 2.05) is 4.90 Å². The van der Waals surface area contributed by atoms with Crippen LogP contribution >= 0.6 is 0 Å². The molecule has 2 aliphatic rings. The zero-order chi connectivity index (χ0) is 23.5. The molecular formula is C22H22F3N7O. The van der Waals surface area contributed by atoms with Gasteiger partial charge in [-0.05, 0) is 19.8 Å². The van der Waals surface area contributed by atoms with E-state index >= 15 is 0 Å². The maximum absolute atomic E-state index is 14.8. The fourth-order valence-electron chi connectivity index (χ4n) is 4.25. The molecule has 4 heterocycles. The number of hydrogen-bond acceptors (Lipinski definition) is 6. The van der Waals surface area contributed by atoms with Crippen LogP contribution in [-0.4, -0.2) is 37.2 Å². The number of aromatic nitrogens is 5. The first-order chi connectivity index (χ1) is 15.6. The van der Waals surface area contributed by atoms with Crippen LogP contribution in [0, 0.1) is 5.95 Å². The lowest BCUT2D eigenvalue weighted by atomic mass is 10.0. The number of carbonyl (C=O) groups excluding carboxylic acids is 1. The summed E-state index contributed by atoms with van der Waals surface area (Å²) >= 11 is 0. The van der Waals surface area contributed by atoms with E-state index in [4.69, 9.17) is 0 Å². The highest BCUT2D eigenvalue weighted by Gasteiger charge is 2.53. The Hall–Kier alpha value is -3.50. The summed E-state index contributed by atoms with van der Waals surface area (Å²) in [4.78, 5) is 25.8. The maximum Gasteiger partial charge on any atom is 0.303 e. The average Bonchev–Trinajstić information content (AvgIpc) is 3.33. The van der Waals surface area contributed by atoms with Crippen LogP contribution in [0.5, 0.6) is 0 Å². The summed E-state index contributed by atoms with van der Waals surface area (Å²) in [6, 6.07) is 3.21. The van der Waals surface area contributed by atoms with E-state index in [1.54, 1.807) is 19.2 Å². The van der Waals surface area contributed by atoms with Crippen LogP contribution in [0.15, 0.2) is 24.5 Å². The van der Waals surface area contributed by atoms with Crippen molar-refractivity contribution in [2.24, 2.45) is 0 Å². The van der Waals surface area contributed by atoms with Gasteiger partial charge >= 0.3 is 5.92 Å². The van der Waals surface area contributed by atoms with Crippen molar-refractivity contribution in [3.05, 3.63) is 41.9 Å². The van der Waals surface area contributed by atoms with Crippen molar-refractivity contribution in [3.8, 4) is 11.3 Å². The van der Waals surface area contributed by atoms with E-state index in [0.29, 0.717) is 25.8 Å². The van der Waals surface area contributed by atoms with E-state index in [-0.39, 0.29) is 28.4 Å². The van der Waals surface area contributed by atoms with E-state index in [1.165, 1.54) is 19.2 Å². The number of rotatable bonds is 5. The van der Waals surface area contributed by atoms with Gasteiger partial charge in [-0.2, -0.15) is 18.3 Å². The quantitative estimate of drug-likeness (QED) is 0.619. The summed E-state index contributed by atoms with van der Waals surface area (Å²) in [5.41, 5.74) is 1.64. The zero-order valence-corrected chi connectivity index (χ0v) is 18.4. The van der Waals surface area contributed by atoms with Crippen LogP contribution in [0.4, 0.5) is 30.5 Å². The summed E-state index contributed by atoms with van der Waals surface area (Å²) < 4.78 is 44.6. The van der Waals surface area contributed by atoms with Crippen LogP contribution in [0.3, 0.4) is 0 Å². The number of carbonyl (C=O) groups is 1. The highest BCUT2D eigenvalue weighted by Crippen LogP contribution is 2.58. The van der Waals surface area contributed by atoms with Gasteiger partial charge in [-0.15, -0.1) is 0 Å². The maximum atomic E-state index is 14.8. The number of anilines is 3. The third-order valence-electron chi connectivity index (χ3n) is 6.10. The van der Waals surface area contributed by atoms with Crippen LogP contribution in [0.1, 0.15) is 45.0 Å². The molecule has 1 fully saturated rings. The summed E-state index contributed by atoms with van der Waals surface area (Å²) in [5, 5.41) is 6.62. The summed E-state index contributed by atoms with van der Waals surface area (Å²) in [7, 11) is 0. The van der Waals surface area contributed by atoms with Gasteiger partial charge in [0.25, 0.3) is 0 Å². The smallest absolute Gasteiger partial charge is 0.303 e. The lowest BCUT2D eigenvalue weighted by Crippen LogP contribution is -2.23. The molecule has 1 saturated carbocycles. The molecule has 3 aromatic heterocycles. The fourth-order valence-corrected chi connectivity index (χ4v) is 4.25. The first-order valence-electron chi connectivity index (χ1n) is 10.7. The SMILES string of the molecule is CCn1ncc(-c2cc(N3CC4(CC4)c4cnc(NC(C)=O)cc43)nc(C(C)(F)F)n2)c1F. The largest absolute Gasteiger partial charge is 0.325 e. The third kappa shape index (κ3) is 3.61. The molecule has 172 valence electrons. The fraction of sp³-hybridized carbons (Fsp3) is 0.409. The second-order valence-corrected chi connectivity index (χ2v) is 8.62. The number of pyridine rings is 1. The molecule has 1 aliphatic heterocycles. The number of halogens is 3. The number of amides is 1. The zero-order valence-electron chi connectivity index (χ0n) is 18.4. The molecule has 33 heavy (non-hydrogen) atoms. The molecule has 0 atom stereocenters. The molecule has 0 bridgehead atoms. The van der Waals surface area contributed by atoms with E-state index in [0.717, 1.165) is 28.8 Å². The normalized spacial score (nSPS) is 16.2. The van der Waals surface area contributed by atoms with Crippen molar-refractivity contribution in [2.45, 2.75) is 51.5 Å². The highest BCUT2D eigenvalue weighted by molar-refractivity contribution is 5.89. The van der Waals surface area contributed by atoms with Gasteiger partial charge in [-0.25, -0.2) is 19.6 Å². The number of nitrogens with zero attached hydrogens (tertiary/aromatic N) is 6. The first-order valence-corrected chi connectivity index (χ1v) is 10.7. The summed E-state index contributed by atoms with van der Waals surface area (Å²) in [6.07, 6.45) is 4.87. The molecule has 5 rings (SSSR count). The van der Waals surface area contributed by atoms with Crippen LogP contribution in [0.2, 0.25) is 0 Å². The van der Waals surface area contributed by atoms with Crippen molar-refractivity contribution in [2.75, 3.05) is 16.8 Å². The second kappa shape index (κ2) is 7.26. The molecule has 11 heteroatoms. The molecule has 0 aromatic carbocycles. The summed E-state index contributed by atoms with van der Waals surface area (Å²) in [6.45, 7) is 4.64. The highest BCUT2D eigenvalue weighted by atomic mass is 19.3. The van der Waals surface area contributed by atoms with Gasteiger partial charge in [0.05, 0.1) is 23.1 Å². The number of alkyl halides is 2. The number of aryl methyl sites for hydroxylation is 1. The minimum Gasteiger partial charge on any atom is -0.325 e. The molecule has 1 N–H and O–H groups in total. The van der Waals surface area contributed by atoms with Crippen molar-refractivity contribution >= 4 is 23.2 Å². The van der Waals surface area contributed by atoms with E-state index < -0.39 is 17.7 Å². The Balaban J connectivity index is 1.65. The molecule has 1 spiro atoms. The van der Waals surface area contributed by atoms with Crippen molar-refractivity contribution in [1.82, 2.24) is 24.7 Å². The Labute approximate surface area is 187 Å². The van der Waals surface area contributed by atoms with Gasteiger partial charge in [-0.3, -0.25) is 4.79 Å². The second-order valence-electron chi connectivity index (χ2n) is 8.62. The Morgan fingerprint density at radius 3 is 2.61 bits per heavy atom. The van der Waals surface area contributed by atoms with Gasteiger partial charge in [0.2, 0.25) is 17.7 Å². The molecule has 8 nitrogen and oxygen atoms in total. The first kappa shape index (κ1) is 21.4. The number of nitrogens with one attached hydrogen (secondary N) is 1. The molecule has 0 saturated heterocycles. The van der Waals surface area contributed by atoms with Gasteiger partial charge in [-0.1, -0.05) is 0 Å². The van der Waals surface area contributed by atoms with Crippen molar-refractivity contribution < 1.29 is 18.0 Å². The lowest BCUT2D eigenvalue weighted by molar-refractivity contribution is -0.114. The summed E-state index contributed by atoms with van der Waals surface area (Å²) in [5.74, 6) is -4.37. The molecule has 0 radical (unpaired) electrons. The molecule has 1 amide bonds. The topological polar surface area (TPSA) is 88.8 Å². The number of hydrogen-bond donors (Lipinski definition) is 1. The van der Waals surface area contributed by atoms with E-state index in [2.05, 4.69) is 25.4 Å². The standard InChI is InChI=1S/C22H22F3N7O/c1-4-32-19(23)13(9-27-32)15-7-18(30-20(29-15)21(3,24)25)31-11-22(5-6-22)14-10-26-17(8-16(14)31)28-12(2)33/h7-10H,4-6,11H2,1-3H3,(H,26,28,33). The Kier molecular flexibility index (Phi) is 4.69. The minimum absolute atomic E-state index is 0.0280. The van der Waals surface area contributed by atoms with Crippen molar-refractivity contribution in [3.63, 3.8) is 0 Å². The lowest BCUT2D eigenvalue weighted by Gasteiger charge is -2.21. The Morgan fingerprint density at radius 1 is 1.24 bits per heavy atom. The van der Waals surface area contributed by atoms with Gasteiger partial charge in [0.15, 0.2) is 0 Å². The Morgan fingerprint density at radius 2 is 2.00 bits per heavy atom. The number of fused-ring (bicyclic) bond motifs is 2. The third-order valence-corrected chi connectivity index (χ3v) is 6.10. The minimum atomic E-state index is -3.33. The Bertz CT molecular complexity index is 1260. The predicted octanol–water partition coefficient (Wildman–Crippen LogP) is 4.15. The van der Waals surface area contributed by atoms with Crippen LogP contribution < -0.4 is 10.2 Å². The monoisotopic (exact) mass is 457 g/mol. The van der Waals surface area contributed by atoms with Gasteiger partial charge in [0.1, 0.15) is 11.6 Å².